The fraction of sp³-hybridized carbons (Fsp3) is 0.769. The summed E-state index contributed by atoms with van der Waals surface area (Å²) in [5, 5.41) is 14.5. The molecule has 1 aromatic heterocycles. The van der Waals surface area contributed by atoms with E-state index in [9.17, 15) is 5.11 Å². The molecule has 1 N–H and O–H groups in total. The summed E-state index contributed by atoms with van der Waals surface area (Å²) in [5.41, 5.74) is 0.918. The van der Waals surface area contributed by atoms with Crippen LogP contribution in [0.1, 0.15) is 50.8 Å². The molecule has 2 atom stereocenters. The summed E-state index contributed by atoms with van der Waals surface area (Å²) in [4.78, 5) is 0. The Morgan fingerprint density at radius 2 is 2.47 bits per heavy atom. The quantitative estimate of drug-likeness (QED) is 0.856. The molecule has 0 spiro atoms. The Labute approximate surface area is 103 Å². The standard InChI is InChI=1S/C13H22N2O2/c1-2-8-15-12(6-7-14-15)13(16)10-11-5-3-4-9-17-11/h6-7,11,13,16H,2-5,8-10H2,1H3. The van der Waals surface area contributed by atoms with Crippen molar-refractivity contribution in [2.24, 2.45) is 0 Å². The van der Waals surface area contributed by atoms with Crippen LogP contribution < -0.4 is 0 Å². The van der Waals surface area contributed by atoms with Crippen molar-refractivity contribution in [1.82, 2.24) is 9.78 Å². The second-order valence-electron chi connectivity index (χ2n) is 4.72. The first-order chi connectivity index (χ1) is 8.31. The molecule has 1 aromatic rings. The Hall–Kier alpha value is -0.870. The van der Waals surface area contributed by atoms with E-state index in [1.165, 1.54) is 6.42 Å². The summed E-state index contributed by atoms with van der Waals surface area (Å²) in [6.45, 7) is 3.82. The normalized spacial score (nSPS) is 22.6. The van der Waals surface area contributed by atoms with Crippen LogP contribution in [-0.2, 0) is 11.3 Å². The Balaban J connectivity index is 1.93. The van der Waals surface area contributed by atoms with Crippen LogP contribution in [0.15, 0.2) is 12.3 Å². The van der Waals surface area contributed by atoms with Gasteiger partial charge in [-0.25, -0.2) is 0 Å². The number of rotatable bonds is 5. The van der Waals surface area contributed by atoms with Crippen molar-refractivity contribution in [3.05, 3.63) is 18.0 Å². The molecule has 1 aliphatic rings. The van der Waals surface area contributed by atoms with E-state index >= 15 is 0 Å². The van der Waals surface area contributed by atoms with Crippen molar-refractivity contribution in [2.45, 2.75) is 57.8 Å². The smallest absolute Gasteiger partial charge is 0.0981 e. The molecule has 1 aliphatic heterocycles. The molecular formula is C13H22N2O2. The van der Waals surface area contributed by atoms with Gasteiger partial charge >= 0.3 is 0 Å². The van der Waals surface area contributed by atoms with Crippen molar-refractivity contribution in [1.29, 1.82) is 0 Å². The van der Waals surface area contributed by atoms with Crippen molar-refractivity contribution < 1.29 is 9.84 Å². The molecule has 2 rings (SSSR count). The number of aliphatic hydroxyl groups is 1. The average molecular weight is 238 g/mol. The zero-order valence-corrected chi connectivity index (χ0v) is 10.5. The zero-order chi connectivity index (χ0) is 12.1. The largest absolute Gasteiger partial charge is 0.387 e. The van der Waals surface area contributed by atoms with Crippen molar-refractivity contribution in [2.75, 3.05) is 6.61 Å². The number of hydrogen-bond donors (Lipinski definition) is 1. The molecular weight excluding hydrogens is 216 g/mol. The maximum absolute atomic E-state index is 10.2. The summed E-state index contributed by atoms with van der Waals surface area (Å²) in [6, 6.07) is 1.91. The minimum Gasteiger partial charge on any atom is -0.387 e. The molecule has 4 nitrogen and oxygen atoms in total. The predicted octanol–water partition coefficient (Wildman–Crippen LogP) is 2.29. The predicted molar refractivity (Wildman–Crippen MR) is 65.7 cm³/mol. The van der Waals surface area contributed by atoms with Crippen LogP contribution in [-0.4, -0.2) is 27.6 Å². The molecule has 17 heavy (non-hydrogen) atoms. The lowest BCUT2D eigenvalue weighted by molar-refractivity contribution is -0.0171. The van der Waals surface area contributed by atoms with Crippen LogP contribution in [0.4, 0.5) is 0 Å². The van der Waals surface area contributed by atoms with E-state index in [0.717, 1.165) is 38.1 Å². The van der Waals surface area contributed by atoms with Gasteiger partial charge in [0.05, 0.1) is 17.9 Å². The molecule has 0 amide bonds. The Kier molecular flexibility index (Phi) is 4.57. The molecule has 1 fully saturated rings. The van der Waals surface area contributed by atoms with E-state index in [4.69, 9.17) is 4.74 Å². The van der Waals surface area contributed by atoms with Crippen LogP contribution in [0.5, 0.6) is 0 Å². The van der Waals surface area contributed by atoms with Gasteiger partial charge in [0.25, 0.3) is 0 Å². The number of aryl methyl sites for hydroxylation is 1. The first-order valence-corrected chi connectivity index (χ1v) is 6.62. The second-order valence-corrected chi connectivity index (χ2v) is 4.72. The van der Waals surface area contributed by atoms with Gasteiger partial charge in [-0.05, 0) is 31.7 Å². The van der Waals surface area contributed by atoms with Crippen LogP contribution >= 0.6 is 0 Å². The number of aromatic nitrogens is 2. The molecule has 0 bridgehead atoms. The minimum absolute atomic E-state index is 0.212. The van der Waals surface area contributed by atoms with Crippen molar-refractivity contribution in [3.63, 3.8) is 0 Å². The van der Waals surface area contributed by atoms with Gasteiger partial charge in [-0.1, -0.05) is 6.92 Å². The molecule has 2 heterocycles. The molecule has 0 radical (unpaired) electrons. The van der Waals surface area contributed by atoms with Gasteiger partial charge in [-0.2, -0.15) is 5.10 Å². The molecule has 96 valence electrons. The lowest BCUT2D eigenvalue weighted by Gasteiger charge is -2.25. The molecule has 0 aliphatic carbocycles. The third-order valence-corrected chi connectivity index (χ3v) is 3.29. The molecule has 1 saturated heterocycles. The zero-order valence-electron chi connectivity index (χ0n) is 10.5. The van der Waals surface area contributed by atoms with E-state index < -0.39 is 6.10 Å². The fourth-order valence-electron chi connectivity index (χ4n) is 2.39. The lowest BCUT2D eigenvalue weighted by Crippen LogP contribution is -2.22. The van der Waals surface area contributed by atoms with Gasteiger partial charge in [0.15, 0.2) is 0 Å². The van der Waals surface area contributed by atoms with Gasteiger partial charge in [0.2, 0.25) is 0 Å². The van der Waals surface area contributed by atoms with E-state index in [0.29, 0.717) is 6.42 Å². The number of nitrogens with zero attached hydrogens (tertiary/aromatic N) is 2. The first kappa shape index (κ1) is 12.6. The molecule has 0 saturated carbocycles. The Morgan fingerprint density at radius 3 is 3.18 bits per heavy atom. The third kappa shape index (κ3) is 3.30. The van der Waals surface area contributed by atoms with E-state index in [1.54, 1.807) is 6.20 Å². The van der Waals surface area contributed by atoms with Crippen molar-refractivity contribution >= 4 is 0 Å². The highest BCUT2D eigenvalue weighted by molar-refractivity contribution is 5.04. The highest BCUT2D eigenvalue weighted by Gasteiger charge is 2.21. The summed E-state index contributed by atoms with van der Waals surface area (Å²) >= 11 is 0. The Bertz CT molecular complexity index is 332. The third-order valence-electron chi connectivity index (χ3n) is 3.29. The van der Waals surface area contributed by atoms with Crippen LogP contribution in [0.25, 0.3) is 0 Å². The second kappa shape index (κ2) is 6.17. The first-order valence-electron chi connectivity index (χ1n) is 6.62. The highest BCUT2D eigenvalue weighted by Crippen LogP contribution is 2.24. The fourth-order valence-corrected chi connectivity index (χ4v) is 2.39. The summed E-state index contributed by atoms with van der Waals surface area (Å²) < 4.78 is 7.55. The van der Waals surface area contributed by atoms with Crippen molar-refractivity contribution in [3.8, 4) is 0 Å². The van der Waals surface area contributed by atoms with Gasteiger partial charge < -0.3 is 9.84 Å². The van der Waals surface area contributed by atoms with Gasteiger partial charge in [0, 0.05) is 25.8 Å². The summed E-state index contributed by atoms with van der Waals surface area (Å²) in [5.74, 6) is 0. The minimum atomic E-state index is -0.452. The number of aliphatic hydroxyl groups excluding tert-OH is 1. The van der Waals surface area contributed by atoms with E-state index in [-0.39, 0.29) is 6.10 Å². The molecule has 4 heteroatoms. The highest BCUT2D eigenvalue weighted by atomic mass is 16.5. The molecule has 2 unspecified atom stereocenters. The maximum Gasteiger partial charge on any atom is 0.0981 e. The molecule has 0 aromatic carbocycles. The average Bonchev–Trinajstić information content (AvgIpc) is 2.79. The maximum atomic E-state index is 10.2. The van der Waals surface area contributed by atoms with Crippen LogP contribution in [0.2, 0.25) is 0 Å². The SMILES string of the molecule is CCCn1nccc1C(O)CC1CCCCO1. The lowest BCUT2D eigenvalue weighted by atomic mass is 10.0. The van der Waals surface area contributed by atoms with Crippen LogP contribution in [0, 0.1) is 0 Å². The number of hydrogen-bond acceptors (Lipinski definition) is 3. The van der Waals surface area contributed by atoms with Gasteiger partial charge in [-0.15, -0.1) is 0 Å². The van der Waals surface area contributed by atoms with Crippen LogP contribution in [0.3, 0.4) is 0 Å². The monoisotopic (exact) mass is 238 g/mol. The number of ether oxygens (including phenoxy) is 1. The summed E-state index contributed by atoms with van der Waals surface area (Å²) in [6.07, 6.45) is 6.67. The Morgan fingerprint density at radius 1 is 1.59 bits per heavy atom. The van der Waals surface area contributed by atoms with Gasteiger partial charge in [0.1, 0.15) is 0 Å². The van der Waals surface area contributed by atoms with E-state index in [2.05, 4.69) is 12.0 Å². The van der Waals surface area contributed by atoms with E-state index in [1.807, 2.05) is 10.7 Å². The topological polar surface area (TPSA) is 47.3 Å². The summed E-state index contributed by atoms with van der Waals surface area (Å²) in [7, 11) is 0. The van der Waals surface area contributed by atoms with Gasteiger partial charge in [-0.3, -0.25) is 4.68 Å².